The smallest absolute Gasteiger partial charge is 0.0260 e. The zero-order chi connectivity index (χ0) is 23.1. The Bertz CT molecular complexity index is 2000. The number of hydrogen-bond donors (Lipinski definition) is 0. The minimum atomic E-state index is 1.14. The van der Waals surface area contributed by atoms with Crippen LogP contribution in [0.15, 0.2) is 120 Å². The summed E-state index contributed by atoms with van der Waals surface area (Å²) in [6, 6.07) is 42.5. The third-order valence-corrected chi connectivity index (χ3v) is 8.25. The van der Waals surface area contributed by atoms with Gasteiger partial charge in [0.05, 0.1) is 0 Å². The molecule has 0 aromatic heterocycles. The Hall–Kier alpha value is -3.94. The van der Waals surface area contributed by atoms with Gasteiger partial charge in [-0.1, -0.05) is 94.8 Å². The molecule has 0 atom stereocenters. The highest BCUT2D eigenvalue weighted by Gasteiger charge is 2.25. The van der Waals surface area contributed by atoms with E-state index in [0.29, 0.717) is 0 Å². The van der Waals surface area contributed by atoms with Crippen molar-refractivity contribution < 1.29 is 0 Å². The predicted octanol–water partition coefficient (Wildman–Crippen LogP) is 10.4. The first kappa shape index (κ1) is 19.4. The molecule has 8 rings (SSSR count). The summed E-state index contributed by atoms with van der Waals surface area (Å²) in [6.45, 7) is 0. The molecule has 7 aromatic rings. The number of halogens is 1. The second-order valence-corrected chi connectivity index (χ2v) is 10.3. The summed E-state index contributed by atoms with van der Waals surface area (Å²) in [7, 11) is 0. The maximum absolute atomic E-state index is 3.88. The molecular formula is C34H19Br. The molecule has 35 heavy (non-hydrogen) atoms. The van der Waals surface area contributed by atoms with E-state index >= 15 is 0 Å². The fraction of sp³-hybridized carbons (Fsp3) is 0. The van der Waals surface area contributed by atoms with Gasteiger partial charge in [0.25, 0.3) is 0 Å². The van der Waals surface area contributed by atoms with E-state index in [4.69, 9.17) is 0 Å². The number of fused-ring (bicyclic) bond motifs is 8. The Labute approximate surface area is 211 Å². The second-order valence-electron chi connectivity index (χ2n) is 9.48. The first-order valence-corrected chi connectivity index (χ1v) is 12.8. The molecule has 0 unspecified atom stereocenters. The van der Waals surface area contributed by atoms with Crippen LogP contribution in [0.25, 0.3) is 76.5 Å². The standard InChI is InChI=1S/C34H19Br/c35-33-19-29-28(24-12-6-7-13-25(24)33)18-32-27-15-22-11-5-4-10-21(22)14-26(27)30-16-23(17-31(29)34(30)32)20-8-2-1-3-9-20/h1-19H. The van der Waals surface area contributed by atoms with Crippen LogP contribution in [0.4, 0.5) is 0 Å². The maximum atomic E-state index is 3.88. The molecule has 0 N–H and O–H groups in total. The molecule has 0 fully saturated rings. The van der Waals surface area contributed by atoms with Gasteiger partial charge in [0, 0.05) is 4.47 Å². The first-order valence-electron chi connectivity index (χ1n) is 12.0. The molecule has 0 bridgehead atoms. The Morgan fingerprint density at radius 1 is 0.371 bits per heavy atom. The van der Waals surface area contributed by atoms with Crippen molar-refractivity contribution in [2.45, 2.75) is 0 Å². The Morgan fingerprint density at radius 2 is 0.971 bits per heavy atom. The highest BCUT2D eigenvalue weighted by atomic mass is 79.9. The van der Waals surface area contributed by atoms with E-state index in [2.05, 4.69) is 131 Å². The number of benzene rings is 7. The van der Waals surface area contributed by atoms with E-state index in [9.17, 15) is 0 Å². The van der Waals surface area contributed by atoms with Gasteiger partial charge in [-0.05, 0) is 113 Å². The van der Waals surface area contributed by atoms with Crippen molar-refractivity contribution in [1.29, 1.82) is 0 Å². The van der Waals surface area contributed by atoms with Crippen molar-refractivity contribution in [2.24, 2.45) is 0 Å². The molecule has 1 heteroatoms. The molecule has 0 amide bonds. The topological polar surface area (TPSA) is 0 Å². The van der Waals surface area contributed by atoms with Crippen LogP contribution < -0.4 is 0 Å². The number of rotatable bonds is 1. The van der Waals surface area contributed by atoms with Crippen molar-refractivity contribution in [1.82, 2.24) is 0 Å². The van der Waals surface area contributed by atoms with E-state index in [1.165, 1.54) is 76.5 Å². The fourth-order valence-corrected chi connectivity index (χ4v) is 6.58. The van der Waals surface area contributed by atoms with Gasteiger partial charge in [-0.25, -0.2) is 0 Å². The lowest BCUT2D eigenvalue weighted by molar-refractivity contribution is 1.65. The third kappa shape index (κ3) is 2.68. The van der Waals surface area contributed by atoms with Gasteiger partial charge in [0.2, 0.25) is 0 Å². The van der Waals surface area contributed by atoms with Crippen LogP contribution in [0.2, 0.25) is 0 Å². The monoisotopic (exact) mass is 506 g/mol. The molecule has 0 radical (unpaired) electrons. The molecule has 1 aliphatic rings. The quantitative estimate of drug-likeness (QED) is 0.194. The van der Waals surface area contributed by atoms with E-state index in [-0.39, 0.29) is 0 Å². The van der Waals surface area contributed by atoms with Crippen LogP contribution in [0.1, 0.15) is 0 Å². The van der Waals surface area contributed by atoms with Crippen LogP contribution >= 0.6 is 15.9 Å². The molecule has 0 nitrogen and oxygen atoms in total. The molecular weight excluding hydrogens is 488 g/mol. The lowest BCUT2D eigenvalue weighted by atomic mass is 9.91. The summed E-state index contributed by atoms with van der Waals surface area (Å²) in [6.07, 6.45) is 0. The molecule has 162 valence electrons. The minimum Gasteiger partial charge on any atom is -0.0622 e. The van der Waals surface area contributed by atoms with Gasteiger partial charge in [-0.2, -0.15) is 0 Å². The summed E-state index contributed by atoms with van der Waals surface area (Å²) in [4.78, 5) is 0. The average Bonchev–Trinajstić information content (AvgIpc) is 3.21. The van der Waals surface area contributed by atoms with Crippen molar-refractivity contribution in [3.8, 4) is 33.4 Å². The zero-order valence-electron chi connectivity index (χ0n) is 18.8. The van der Waals surface area contributed by atoms with E-state index in [0.717, 1.165) is 4.47 Å². The van der Waals surface area contributed by atoms with Gasteiger partial charge in [0.15, 0.2) is 0 Å². The average molecular weight is 507 g/mol. The SMILES string of the molecule is Brc1cc2c3cc(-c4ccccc4)cc4c3c(cc2c2ccccc12)-c1cc2ccccc2cc1-4. The summed E-state index contributed by atoms with van der Waals surface area (Å²) in [5.74, 6) is 0. The van der Waals surface area contributed by atoms with Crippen LogP contribution in [-0.4, -0.2) is 0 Å². The molecule has 0 aliphatic heterocycles. The van der Waals surface area contributed by atoms with E-state index in [1.54, 1.807) is 0 Å². The summed E-state index contributed by atoms with van der Waals surface area (Å²) < 4.78 is 1.14. The lowest BCUT2D eigenvalue weighted by Crippen LogP contribution is -1.86. The van der Waals surface area contributed by atoms with Crippen molar-refractivity contribution in [3.63, 3.8) is 0 Å². The normalized spacial score (nSPS) is 12.1. The largest absolute Gasteiger partial charge is 0.0622 e. The van der Waals surface area contributed by atoms with Crippen LogP contribution in [-0.2, 0) is 0 Å². The summed E-state index contributed by atoms with van der Waals surface area (Å²) in [5, 5.41) is 10.4. The highest BCUT2D eigenvalue weighted by Crippen LogP contribution is 2.52. The Kier molecular flexibility index (Phi) is 3.90. The van der Waals surface area contributed by atoms with Gasteiger partial charge in [-0.15, -0.1) is 0 Å². The van der Waals surface area contributed by atoms with Crippen molar-refractivity contribution >= 4 is 59.0 Å². The van der Waals surface area contributed by atoms with Gasteiger partial charge >= 0.3 is 0 Å². The van der Waals surface area contributed by atoms with Gasteiger partial charge < -0.3 is 0 Å². The fourth-order valence-electron chi connectivity index (χ4n) is 6.00. The number of hydrogen-bond acceptors (Lipinski definition) is 0. The summed E-state index contributed by atoms with van der Waals surface area (Å²) in [5.41, 5.74) is 7.86. The third-order valence-electron chi connectivity index (χ3n) is 7.60. The molecule has 0 spiro atoms. The lowest BCUT2D eigenvalue weighted by Gasteiger charge is -2.13. The minimum absolute atomic E-state index is 1.14. The predicted molar refractivity (Wildman–Crippen MR) is 154 cm³/mol. The highest BCUT2D eigenvalue weighted by molar-refractivity contribution is 9.10. The van der Waals surface area contributed by atoms with Crippen LogP contribution in [0.5, 0.6) is 0 Å². The molecule has 0 saturated heterocycles. The molecule has 1 aliphatic carbocycles. The van der Waals surface area contributed by atoms with Crippen molar-refractivity contribution in [3.05, 3.63) is 120 Å². The molecule has 0 heterocycles. The second kappa shape index (κ2) is 7.04. The Morgan fingerprint density at radius 3 is 1.71 bits per heavy atom. The van der Waals surface area contributed by atoms with Crippen LogP contribution in [0.3, 0.4) is 0 Å². The maximum Gasteiger partial charge on any atom is 0.0260 e. The molecule has 7 aromatic carbocycles. The van der Waals surface area contributed by atoms with Crippen molar-refractivity contribution in [2.75, 3.05) is 0 Å². The van der Waals surface area contributed by atoms with Gasteiger partial charge in [-0.3, -0.25) is 0 Å². The molecule has 0 saturated carbocycles. The van der Waals surface area contributed by atoms with Crippen LogP contribution in [0, 0.1) is 0 Å². The van der Waals surface area contributed by atoms with E-state index in [1.807, 2.05) is 0 Å². The Balaban J connectivity index is 1.61. The first-order chi connectivity index (χ1) is 17.3. The summed E-state index contributed by atoms with van der Waals surface area (Å²) >= 11 is 3.88. The van der Waals surface area contributed by atoms with Gasteiger partial charge in [0.1, 0.15) is 0 Å². The van der Waals surface area contributed by atoms with E-state index < -0.39 is 0 Å². The zero-order valence-corrected chi connectivity index (χ0v) is 20.4.